The van der Waals surface area contributed by atoms with Gasteiger partial charge in [0.15, 0.2) is 0 Å². The fourth-order valence-corrected chi connectivity index (χ4v) is 1.97. The van der Waals surface area contributed by atoms with Crippen molar-refractivity contribution in [3.8, 4) is 0 Å². The molecule has 0 saturated heterocycles. The maximum Gasteiger partial charge on any atom is 0.375 e. The zero-order valence-electron chi connectivity index (χ0n) is 11.3. The lowest BCUT2D eigenvalue weighted by atomic mass is 9.78. The van der Waals surface area contributed by atoms with Gasteiger partial charge in [0.05, 0.1) is 11.8 Å². The average molecular weight is 270 g/mol. The third-order valence-electron chi connectivity index (χ3n) is 2.91. The Morgan fingerprint density at radius 2 is 1.84 bits per heavy atom. The monoisotopic (exact) mass is 270 g/mol. The zero-order valence-corrected chi connectivity index (χ0v) is 11.3. The number of rotatable bonds is 3. The Morgan fingerprint density at radius 1 is 1.26 bits per heavy atom. The lowest BCUT2D eigenvalue weighted by Gasteiger charge is -2.25. The van der Waals surface area contributed by atoms with Gasteiger partial charge in [0.1, 0.15) is 11.4 Å². The molecule has 2 atom stereocenters. The molecular weight excluding hydrogens is 252 g/mol. The number of hydrogen-bond donors (Lipinski definition) is 1. The van der Waals surface area contributed by atoms with Crippen LogP contribution in [0.4, 0.5) is 0 Å². The van der Waals surface area contributed by atoms with Gasteiger partial charge < -0.3 is 9.84 Å². The molecule has 106 valence electrons. The van der Waals surface area contributed by atoms with Gasteiger partial charge in [-0.15, -0.1) is 0 Å². The molecule has 1 rings (SSSR count). The molecule has 6 heteroatoms. The van der Waals surface area contributed by atoms with E-state index < -0.39 is 35.2 Å². The maximum atomic E-state index is 11.9. The van der Waals surface area contributed by atoms with Crippen LogP contribution < -0.4 is 0 Å². The molecule has 0 aromatic heterocycles. The van der Waals surface area contributed by atoms with Crippen molar-refractivity contribution in [2.24, 2.45) is 11.8 Å². The summed E-state index contributed by atoms with van der Waals surface area (Å²) < 4.78 is 4.91. The summed E-state index contributed by atoms with van der Waals surface area (Å²) in [6.07, 6.45) is 0.106. The highest BCUT2D eigenvalue weighted by molar-refractivity contribution is 6.38. The molecule has 2 unspecified atom stereocenters. The number of Topliss-reactive ketones (excluding diaryl/α,β-unsaturated/α-hetero) is 2. The van der Waals surface area contributed by atoms with E-state index in [1.165, 1.54) is 0 Å². The van der Waals surface area contributed by atoms with Crippen molar-refractivity contribution in [3.63, 3.8) is 0 Å². The summed E-state index contributed by atoms with van der Waals surface area (Å²) in [4.78, 5) is 46.0. The standard InChI is InChI=1S/C13H18O6/c1-13(2,3)19-12(18)10(15)8-6-7(11(16)17)4-5-9(8)14/h7-8H,4-6H2,1-3H3,(H,16,17). The van der Waals surface area contributed by atoms with Crippen LogP contribution in [-0.4, -0.2) is 34.2 Å². The first-order chi connectivity index (χ1) is 8.61. The first kappa shape index (κ1) is 15.3. The van der Waals surface area contributed by atoms with E-state index in [4.69, 9.17) is 9.84 Å². The second kappa shape index (κ2) is 5.50. The molecule has 0 aromatic rings. The summed E-state index contributed by atoms with van der Waals surface area (Å²) in [5, 5.41) is 8.91. The summed E-state index contributed by atoms with van der Waals surface area (Å²) in [6.45, 7) is 4.84. The minimum Gasteiger partial charge on any atom is -0.481 e. The van der Waals surface area contributed by atoms with Crippen LogP contribution in [0.1, 0.15) is 40.0 Å². The van der Waals surface area contributed by atoms with Crippen LogP contribution in [0.2, 0.25) is 0 Å². The predicted octanol–water partition coefficient (Wildman–Crippen LogP) is 0.967. The van der Waals surface area contributed by atoms with Crippen molar-refractivity contribution in [2.45, 2.75) is 45.6 Å². The van der Waals surface area contributed by atoms with Crippen molar-refractivity contribution < 1.29 is 29.0 Å². The number of aliphatic carboxylic acids is 1. The van der Waals surface area contributed by atoms with Crippen molar-refractivity contribution in [1.29, 1.82) is 0 Å². The van der Waals surface area contributed by atoms with E-state index in [2.05, 4.69) is 0 Å². The van der Waals surface area contributed by atoms with Gasteiger partial charge in [0, 0.05) is 6.42 Å². The summed E-state index contributed by atoms with van der Waals surface area (Å²) in [6, 6.07) is 0. The first-order valence-corrected chi connectivity index (χ1v) is 6.14. The van der Waals surface area contributed by atoms with Crippen LogP contribution in [0.25, 0.3) is 0 Å². The summed E-state index contributed by atoms with van der Waals surface area (Å²) >= 11 is 0. The van der Waals surface area contributed by atoms with E-state index in [9.17, 15) is 19.2 Å². The molecule has 19 heavy (non-hydrogen) atoms. The molecule has 0 spiro atoms. The highest BCUT2D eigenvalue weighted by atomic mass is 16.6. The Labute approximate surface area is 111 Å². The van der Waals surface area contributed by atoms with Gasteiger partial charge in [-0.1, -0.05) is 0 Å². The van der Waals surface area contributed by atoms with E-state index in [1.807, 2.05) is 0 Å². The minimum atomic E-state index is -1.18. The minimum absolute atomic E-state index is 0.0101. The van der Waals surface area contributed by atoms with Gasteiger partial charge >= 0.3 is 11.9 Å². The molecule has 1 fully saturated rings. The van der Waals surface area contributed by atoms with Crippen LogP contribution >= 0.6 is 0 Å². The van der Waals surface area contributed by atoms with E-state index in [0.717, 1.165) is 0 Å². The number of esters is 1. The Bertz CT molecular complexity index is 417. The van der Waals surface area contributed by atoms with Crippen LogP contribution in [0.3, 0.4) is 0 Å². The highest BCUT2D eigenvalue weighted by Gasteiger charge is 2.40. The molecule has 1 N–H and O–H groups in total. The van der Waals surface area contributed by atoms with Crippen LogP contribution in [0.5, 0.6) is 0 Å². The Balaban J connectivity index is 2.76. The largest absolute Gasteiger partial charge is 0.481 e. The molecule has 0 radical (unpaired) electrons. The second-order valence-corrected chi connectivity index (χ2v) is 5.69. The van der Waals surface area contributed by atoms with Gasteiger partial charge in [0.2, 0.25) is 5.78 Å². The number of carbonyl (C=O) groups is 4. The number of carboxylic acids is 1. The fourth-order valence-electron chi connectivity index (χ4n) is 1.97. The number of carbonyl (C=O) groups excluding carboxylic acids is 3. The first-order valence-electron chi connectivity index (χ1n) is 6.14. The van der Waals surface area contributed by atoms with E-state index in [0.29, 0.717) is 0 Å². The number of hydrogen-bond acceptors (Lipinski definition) is 5. The van der Waals surface area contributed by atoms with Crippen molar-refractivity contribution in [2.75, 3.05) is 0 Å². The second-order valence-electron chi connectivity index (χ2n) is 5.69. The van der Waals surface area contributed by atoms with Gasteiger partial charge in [-0.3, -0.25) is 14.4 Å². The fraction of sp³-hybridized carbons (Fsp3) is 0.692. The van der Waals surface area contributed by atoms with Crippen LogP contribution in [-0.2, 0) is 23.9 Å². The molecule has 1 aliphatic rings. The van der Waals surface area contributed by atoms with E-state index >= 15 is 0 Å². The van der Waals surface area contributed by atoms with Gasteiger partial charge in [0.25, 0.3) is 0 Å². The van der Waals surface area contributed by atoms with E-state index in [1.54, 1.807) is 20.8 Å². The zero-order chi connectivity index (χ0) is 14.8. The molecule has 1 saturated carbocycles. The highest BCUT2D eigenvalue weighted by Crippen LogP contribution is 2.28. The normalized spacial score (nSPS) is 23.8. The predicted molar refractivity (Wildman–Crippen MR) is 64.3 cm³/mol. The Kier molecular flexibility index (Phi) is 4.44. The smallest absolute Gasteiger partial charge is 0.375 e. The third-order valence-corrected chi connectivity index (χ3v) is 2.91. The average Bonchev–Trinajstić information content (AvgIpc) is 2.26. The lowest BCUT2D eigenvalue weighted by molar-refractivity contribution is -0.166. The Hall–Kier alpha value is -1.72. The molecule has 0 bridgehead atoms. The topological polar surface area (TPSA) is 97.7 Å². The molecule has 6 nitrogen and oxygen atoms in total. The molecule has 0 aliphatic heterocycles. The molecule has 1 aliphatic carbocycles. The van der Waals surface area contributed by atoms with Crippen molar-refractivity contribution >= 4 is 23.5 Å². The Morgan fingerprint density at radius 3 is 2.32 bits per heavy atom. The number of ketones is 2. The molecule has 0 heterocycles. The molecule has 0 amide bonds. The van der Waals surface area contributed by atoms with Crippen LogP contribution in [0, 0.1) is 11.8 Å². The maximum absolute atomic E-state index is 11.9. The summed E-state index contributed by atoms with van der Waals surface area (Å²) in [5.41, 5.74) is -0.823. The van der Waals surface area contributed by atoms with E-state index in [-0.39, 0.29) is 25.0 Å². The lowest BCUT2D eigenvalue weighted by Crippen LogP contribution is -2.40. The third kappa shape index (κ3) is 4.15. The number of ether oxygens (including phenoxy) is 1. The van der Waals surface area contributed by atoms with Gasteiger partial charge in [-0.25, -0.2) is 4.79 Å². The summed E-state index contributed by atoms with van der Waals surface area (Å²) in [5.74, 6) is -5.37. The van der Waals surface area contributed by atoms with Crippen molar-refractivity contribution in [3.05, 3.63) is 0 Å². The molecular formula is C13H18O6. The van der Waals surface area contributed by atoms with Crippen molar-refractivity contribution in [1.82, 2.24) is 0 Å². The van der Waals surface area contributed by atoms with Crippen LogP contribution in [0.15, 0.2) is 0 Å². The summed E-state index contributed by atoms with van der Waals surface area (Å²) in [7, 11) is 0. The van der Waals surface area contributed by atoms with Gasteiger partial charge in [-0.05, 0) is 33.6 Å². The quantitative estimate of drug-likeness (QED) is 0.466. The molecule has 0 aromatic carbocycles. The van der Waals surface area contributed by atoms with Gasteiger partial charge in [-0.2, -0.15) is 0 Å². The SMILES string of the molecule is CC(C)(C)OC(=O)C(=O)C1CC(C(=O)O)CCC1=O. The number of carboxylic acid groups (broad SMARTS) is 1.